The Labute approximate surface area is 128 Å². The smallest absolute Gasteiger partial charge is 0.127 e. The van der Waals surface area contributed by atoms with E-state index in [0.29, 0.717) is 0 Å². The first-order chi connectivity index (χ1) is 8.69. The molecule has 0 aliphatic heterocycles. The van der Waals surface area contributed by atoms with Crippen molar-refractivity contribution in [2.45, 2.75) is 0 Å². The standard InChI is InChI=1S/C14H11BrINO/c1-18-14-7-2-11(15)8-10(14)9-17-13-5-3-12(16)4-6-13/h2-9H,1H3. The molecule has 0 heterocycles. The van der Waals surface area contributed by atoms with Crippen molar-refractivity contribution in [3.63, 3.8) is 0 Å². The molecule has 0 bridgehead atoms. The lowest BCUT2D eigenvalue weighted by molar-refractivity contribution is 0.414. The molecular formula is C14H11BrINO. The summed E-state index contributed by atoms with van der Waals surface area (Å²) in [6.07, 6.45) is 1.81. The second-order valence-corrected chi connectivity index (χ2v) is 5.78. The molecule has 4 heteroatoms. The molecule has 0 fully saturated rings. The molecule has 2 nitrogen and oxygen atoms in total. The minimum atomic E-state index is 0.812. The van der Waals surface area contributed by atoms with Gasteiger partial charge in [-0.15, -0.1) is 0 Å². The highest BCUT2D eigenvalue weighted by Crippen LogP contribution is 2.22. The lowest BCUT2D eigenvalue weighted by Gasteiger charge is -2.04. The molecule has 2 rings (SSSR count). The zero-order chi connectivity index (χ0) is 13.0. The number of halogens is 2. The second-order valence-electron chi connectivity index (χ2n) is 3.62. The van der Waals surface area contributed by atoms with Crippen molar-refractivity contribution < 1.29 is 4.74 Å². The van der Waals surface area contributed by atoms with Gasteiger partial charge in [0.2, 0.25) is 0 Å². The predicted octanol–water partition coefficient (Wildman–Crippen LogP) is 4.81. The third-order valence-electron chi connectivity index (χ3n) is 2.37. The summed E-state index contributed by atoms with van der Waals surface area (Å²) in [5.41, 5.74) is 1.88. The van der Waals surface area contributed by atoms with Gasteiger partial charge >= 0.3 is 0 Å². The molecule has 0 aliphatic rings. The first kappa shape index (κ1) is 13.5. The Morgan fingerprint density at radius 2 is 1.89 bits per heavy atom. The summed E-state index contributed by atoms with van der Waals surface area (Å²) in [4.78, 5) is 4.44. The first-order valence-electron chi connectivity index (χ1n) is 5.32. The largest absolute Gasteiger partial charge is 0.496 e. The Hall–Kier alpha value is -0.880. The maximum Gasteiger partial charge on any atom is 0.127 e. The number of methoxy groups -OCH3 is 1. The summed E-state index contributed by atoms with van der Waals surface area (Å²) >= 11 is 5.72. The van der Waals surface area contributed by atoms with Crippen LogP contribution in [-0.4, -0.2) is 13.3 Å². The van der Waals surface area contributed by atoms with Crippen molar-refractivity contribution in [2.24, 2.45) is 4.99 Å². The van der Waals surface area contributed by atoms with Crippen LogP contribution in [0.15, 0.2) is 51.9 Å². The fourth-order valence-corrected chi connectivity index (χ4v) is 2.22. The number of ether oxygens (including phenoxy) is 1. The minimum Gasteiger partial charge on any atom is -0.496 e. The van der Waals surface area contributed by atoms with Crippen molar-refractivity contribution in [3.05, 3.63) is 56.1 Å². The van der Waals surface area contributed by atoms with Gasteiger partial charge < -0.3 is 4.74 Å². The molecule has 2 aromatic rings. The van der Waals surface area contributed by atoms with E-state index in [1.807, 2.05) is 48.7 Å². The van der Waals surface area contributed by atoms with E-state index < -0.39 is 0 Å². The van der Waals surface area contributed by atoms with Crippen molar-refractivity contribution in [3.8, 4) is 5.75 Å². The fraction of sp³-hybridized carbons (Fsp3) is 0.0714. The Bertz CT molecular complexity index is 567. The van der Waals surface area contributed by atoms with Gasteiger partial charge in [-0.3, -0.25) is 4.99 Å². The van der Waals surface area contributed by atoms with E-state index in [0.717, 1.165) is 21.5 Å². The normalized spacial score (nSPS) is 10.8. The fourth-order valence-electron chi connectivity index (χ4n) is 1.48. The summed E-state index contributed by atoms with van der Waals surface area (Å²) in [6.45, 7) is 0. The van der Waals surface area contributed by atoms with E-state index in [4.69, 9.17) is 4.74 Å². The summed E-state index contributed by atoms with van der Waals surface area (Å²) < 4.78 is 7.50. The van der Waals surface area contributed by atoms with Crippen LogP contribution in [0.4, 0.5) is 5.69 Å². The third-order valence-corrected chi connectivity index (χ3v) is 3.58. The molecule has 0 N–H and O–H groups in total. The average Bonchev–Trinajstić information content (AvgIpc) is 2.38. The molecule has 0 aliphatic carbocycles. The van der Waals surface area contributed by atoms with Gasteiger partial charge in [0, 0.05) is 19.8 Å². The van der Waals surface area contributed by atoms with Crippen LogP contribution in [0.25, 0.3) is 0 Å². The van der Waals surface area contributed by atoms with E-state index in [2.05, 4.69) is 43.5 Å². The van der Waals surface area contributed by atoms with Crippen LogP contribution in [0.5, 0.6) is 5.75 Å². The highest BCUT2D eigenvalue weighted by Gasteiger charge is 2.00. The SMILES string of the molecule is COc1ccc(Br)cc1C=Nc1ccc(I)cc1. The van der Waals surface area contributed by atoms with Gasteiger partial charge in [-0.25, -0.2) is 0 Å². The molecule has 0 saturated heterocycles. The monoisotopic (exact) mass is 415 g/mol. The summed E-state index contributed by atoms with van der Waals surface area (Å²) in [5, 5.41) is 0. The van der Waals surface area contributed by atoms with Gasteiger partial charge in [0.05, 0.1) is 12.8 Å². The highest BCUT2D eigenvalue weighted by molar-refractivity contribution is 14.1. The van der Waals surface area contributed by atoms with E-state index in [1.54, 1.807) is 7.11 Å². The lowest BCUT2D eigenvalue weighted by atomic mass is 10.2. The van der Waals surface area contributed by atoms with E-state index in [-0.39, 0.29) is 0 Å². The average molecular weight is 416 g/mol. The van der Waals surface area contributed by atoms with Crippen LogP contribution in [-0.2, 0) is 0 Å². The van der Waals surface area contributed by atoms with Gasteiger partial charge in [-0.1, -0.05) is 15.9 Å². The summed E-state index contributed by atoms with van der Waals surface area (Å²) in [6, 6.07) is 13.9. The lowest BCUT2D eigenvalue weighted by Crippen LogP contribution is -1.90. The van der Waals surface area contributed by atoms with Crippen LogP contribution in [0.3, 0.4) is 0 Å². The van der Waals surface area contributed by atoms with Crippen LogP contribution in [0.2, 0.25) is 0 Å². The Morgan fingerprint density at radius 3 is 2.56 bits per heavy atom. The van der Waals surface area contributed by atoms with Gasteiger partial charge in [0.15, 0.2) is 0 Å². The van der Waals surface area contributed by atoms with Crippen LogP contribution >= 0.6 is 38.5 Å². The summed E-state index contributed by atoms with van der Waals surface area (Å²) in [7, 11) is 1.66. The van der Waals surface area contributed by atoms with E-state index >= 15 is 0 Å². The van der Waals surface area contributed by atoms with Gasteiger partial charge in [-0.2, -0.15) is 0 Å². The highest BCUT2D eigenvalue weighted by atomic mass is 127. The van der Waals surface area contributed by atoms with Gasteiger partial charge in [-0.05, 0) is 65.1 Å². The molecule has 0 unspecified atom stereocenters. The van der Waals surface area contributed by atoms with E-state index in [1.165, 1.54) is 3.57 Å². The Balaban J connectivity index is 2.27. The molecule has 0 amide bonds. The molecule has 0 aromatic heterocycles. The maximum absolute atomic E-state index is 5.29. The van der Waals surface area contributed by atoms with Crippen molar-refractivity contribution in [2.75, 3.05) is 7.11 Å². The topological polar surface area (TPSA) is 21.6 Å². The Kier molecular flexibility index (Phi) is 4.77. The van der Waals surface area contributed by atoms with Crippen molar-refractivity contribution in [1.82, 2.24) is 0 Å². The van der Waals surface area contributed by atoms with Crippen LogP contribution < -0.4 is 4.74 Å². The minimum absolute atomic E-state index is 0.812. The predicted molar refractivity (Wildman–Crippen MR) is 87.1 cm³/mol. The zero-order valence-electron chi connectivity index (χ0n) is 9.73. The number of rotatable bonds is 3. The number of nitrogens with zero attached hydrogens (tertiary/aromatic N) is 1. The molecule has 0 radical (unpaired) electrons. The van der Waals surface area contributed by atoms with Crippen molar-refractivity contribution in [1.29, 1.82) is 0 Å². The van der Waals surface area contributed by atoms with Crippen LogP contribution in [0.1, 0.15) is 5.56 Å². The summed E-state index contributed by atoms with van der Waals surface area (Å²) in [5.74, 6) is 0.812. The van der Waals surface area contributed by atoms with Crippen LogP contribution in [0, 0.1) is 3.57 Å². The molecule has 18 heavy (non-hydrogen) atoms. The molecule has 0 atom stereocenters. The molecule has 92 valence electrons. The first-order valence-corrected chi connectivity index (χ1v) is 7.19. The number of aliphatic imine (C=N–C) groups is 1. The van der Waals surface area contributed by atoms with Gasteiger partial charge in [0.1, 0.15) is 5.75 Å². The molecular weight excluding hydrogens is 405 g/mol. The molecule has 2 aromatic carbocycles. The van der Waals surface area contributed by atoms with Gasteiger partial charge in [0.25, 0.3) is 0 Å². The number of hydrogen-bond donors (Lipinski definition) is 0. The number of hydrogen-bond acceptors (Lipinski definition) is 2. The molecule has 0 spiro atoms. The van der Waals surface area contributed by atoms with E-state index in [9.17, 15) is 0 Å². The maximum atomic E-state index is 5.29. The van der Waals surface area contributed by atoms with Crippen molar-refractivity contribution >= 4 is 50.4 Å². The second kappa shape index (κ2) is 6.33. The molecule has 0 saturated carbocycles. The number of benzene rings is 2. The zero-order valence-corrected chi connectivity index (χ0v) is 13.5. The Morgan fingerprint density at radius 1 is 1.17 bits per heavy atom. The third kappa shape index (κ3) is 3.55. The quantitative estimate of drug-likeness (QED) is 0.520.